The molecule has 3 aromatic rings. The minimum Gasteiger partial charge on any atom is -0.497 e. The maximum atomic E-state index is 11.7. The molecular formula is C16H18N4O2S. The second kappa shape index (κ2) is 6.45. The number of benzene rings is 1. The Labute approximate surface area is 137 Å². The van der Waals surface area contributed by atoms with E-state index in [4.69, 9.17) is 4.74 Å². The number of nitrogens with one attached hydrogen (secondary N) is 2. The second-order valence-electron chi connectivity index (χ2n) is 5.49. The number of aromatic amines is 2. The van der Waals surface area contributed by atoms with Crippen molar-refractivity contribution in [2.24, 2.45) is 0 Å². The number of methoxy groups -OCH3 is 1. The molecule has 1 aromatic carbocycles. The molecular weight excluding hydrogens is 312 g/mol. The van der Waals surface area contributed by atoms with Crippen molar-refractivity contribution in [1.82, 2.24) is 19.9 Å². The first kappa shape index (κ1) is 15.6. The highest BCUT2D eigenvalue weighted by atomic mass is 32.2. The Hall–Kier alpha value is -2.28. The van der Waals surface area contributed by atoms with Crippen molar-refractivity contribution in [3.8, 4) is 5.75 Å². The predicted molar refractivity (Wildman–Crippen MR) is 91.2 cm³/mol. The van der Waals surface area contributed by atoms with Gasteiger partial charge in [-0.2, -0.15) is 0 Å². The van der Waals surface area contributed by atoms with Gasteiger partial charge in [-0.3, -0.25) is 4.79 Å². The summed E-state index contributed by atoms with van der Waals surface area (Å²) >= 11 is 1.45. The molecule has 2 heterocycles. The molecule has 0 unspecified atom stereocenters. The Kier molecular flexibility index (Phi) is 4.38. The van der Waals surface area contributed by atoms with E-state index in [9.17, 15) is 4.79 Å². The van der Waals surface area contributed by atoms with Crippen molar-refractivity contribution in [3.05, 3.63) is 46.1 Å². The number of hydrogen-bond acceptors (Lipinski definition) is 5. The van der Waals surface area contributed by atoms with Crippen molar-refractivity contribution < 1.29 is 4.74 Å². The van der Waals surface area contributed by atoms with Gasteiger partial charge in [0.15, 0.2) is 5.16 Å². The zero-order valence-corrected chi connectivity index (χ0v) is 14.0. The van der Waals surface area contributed by atoms with Gasteiger partial charge in [0.25, 0.3) is 5.56 Å². The average Bonchev–Trinajstić information content (AvgIpc) is 2.94. The first-order valence-electron chi connectivity index (χ1n) is 7.32. The maximum Gasteiger partial charge on any atom is 0.251 e. The molecule has 0 aliphatic rings. The van der Waals surface area contributed by atoms with Gasteiger partial charge in [0.1, 0.15) is 11.6 Å². The summed E-state index contributed by atoms with van der Waals surface area (Å²) in [5, 5.41) is 0.610. The molecule has 0 spiro atoms. The fourth-order valence-corrected chi connectivity index (χ4v) is 2.94. The van der Waals surface area contributed by atoms with Gasteiger partial charge in [0.2, 0.25) is 0 Å². The number of H-pyrrole nitrogens is 2. The van der Waals surface area contributed by atoms with E-state index in [1.54, 1.807) is 13.2 Å². The van der Waals surface area contributed by atoms with Gasteiger partial charge < -0.3 is 14.7 Å². The van der Waals surface area contributed by atoms with Crippen molar-refractivity contribution in [2.75, 3.05) is 7.11 Å². The molecule has 23 heavy (non-hydrogen) atoms. The van der Waals surface area contributed by atoms with Crippen LogP contribution in [-0.4, -0.2) is 27.0 Å². The van der Waals surface area contributed by atoms with Crippen LogP contribution in [0.15, 0.2) is 34.2 Å². The lowest BCUT2D eigenvalue weighted by molar-refractivity contribution is 0.415. The third kappa shape index (κ3) is 3.56. The summed E-state index contributed by atoms with van der Waals surface area (Å²) in [7, 11) is 1.64. The Balaban J connectivity index is 1.79. The molecule has 2 aromatic heterocycles. The standard InChI is InChI=1S/C16H18N4O2S/c1-9(2)12-7-15(21)20-16(19-12)23-8-14-17-11-5-4-10(22-3)6-13(11)18-14/h4-7,9H,8H2,1-3H3,(H,17,18)(H,19,20,21). The number of fused-ring (bicyclic) bond motifs is 1. The molecule has 0 saturated heterocycles. The summed E-state index contributed by atoms with van der Waals surface area (Å²) < 4.78 is 5.21. The van der Waals surface area contributed by atoms with Crippen LogP contribution in [0, 0.1) is 0 Å². The van der Waals surface area contributed by atoms with Crippen LogP contribution in [-0.2, 0) is 5.75 Å². The van der Waals surface area contributed by atoms with E-state index in [0.29, 0.717) is 10.9 Å². The summed E-state index contributed by atoms with van der Waals surface area (Å²) in [6.45, 7) is 4.03. The van der Waals surface area contributed by atoms with E-state index in [0.717, 1.165) is 28.3 Å². The second-order valence-corrected chi connectivity index (χ2v) is 6.45. The van der Waals surface area contributed by atoms with Crippen LogP contribution >= 0.6 is 11.8 Å². The molecule has 0 bridgehead atoms. The minimum absolute atomic E-state index is 0.124. The largest absolute Gasteiger partial charge is 0.497 e. The van der Waals surface area contributed by atoms with Gasteiger partial charge in [0, 0.05) is 12.1 Å². The number of imidazole rings is 1. The van der Waals surface area contributed by atoms with Crippen molar-refractivity contribution in [2.45, 2.75) is 30.7 Å². The molecule has 6 nitrogen and oxygen atoms in total. The summed E-state index contributed by atoms with van der Waals surface area (Å²) in [5.74, 6) is 2.43. The lowest BCUT2D eigenvalue weighted by atomic mass is 10.1. The highest BCUT2D eigenvalue weighted by Gasteiger charge is 2.08. The SMILES string of the molecule is COc1ccc2nc(CSc3nc(C(C)C)cc(=O)[nH]3)[nH]c2c1. The van der Waals surface area contributed by atoms with Crippen LogP contribution in [0.2, 0.25) is 0 Å². The molecule has 2 N–H and O–H groups in total. The zero-order valence-electron chi connectivity index (χ0n) is 13.2. The zero-order chi connectivity index (χ0) is 16.4. The van der Waals surface area contributed by atoms with E-state index in [-0.39, 0.29) is 11.5 Å². The van der Waals surface area contributed by atoms with Crippen molar-refractivity contribution in [1.29, 1.82) is 0 Å². The fraction of sp³-hybridized carbons (Fsp3) is 0.312. The van der Waals surface area contributed by atoms with Crippen LogP contribution in [0.25, 0.3) is 11.0 Å². The molecule has 3 rings (SSSR count). The van der Waals surface area contributed by atoms with E-state index >= 15 is 0 Å². The van der Waals surface area contributed by atoms with Gasteiger partial charge in [-0.15, -0.1) is 0 Å². The Morgan fingerprint density at radius 1 is 1.22 bits per heavy atom. The molecule has 0 aliphatic heterocycles. The topological polar surface area (TPSA) is 83.7 Å². The smallest absolute Gasteiger partial charge is 0.251 e. The molecule has 0 saturated carbocycles. The number of aromatic nitrogens is 4. The van der Waals surface area contributed by atoms with Gasteiger partial charge in [-0.25, -0.2) is 9.97 Å². The Morgan fingerprint density at radius 3 is 2.78 bits per heavy atom. The normalized spacial score (nSPS) is 11.3. The summed E-state index contributed by atoms with van der Waals surface area (Å²) in [4.78, 5) is 26.7. The van der Waals surface area contributed by atoms with Crippen molar-refractivity contribution >= 4 is 22.8 Å². The first-order chi connectivity index (χ1) is 11.0. The van der Waals surface area contributed by atoms with Crippen LogP contribution < -0.4 is 10.3 Å². The molecule has 0 amide bonds. The highest BCUT2D eigenvalue weighted by molar-refractivity contribution is 7.98. The van der Waals surface area contributed by atoms with E-state index in [1.807, 2.05) is 32.0 Å². The van der Waals surface area contributed by atoms with Gasteiger partial charge in [-0.05, 0) is 18.1 Å². The van der Waals surface area contributed by atoms with Gasteiger partial charge in [0.05, 0.1) is 29.6 Å². The Morgan fingerprint density at radius 2 is 2.04 bits per heavy atom. The number of ether oxygens (including phenoxy) is 1. The molecule has 0 atom stereocenters. The highest BCUT2D eigenvalue weighted by Crippen LogP contribution is 2.23. The number of hydrogen-bond donors (Lipinski definition) is 2. The number of nitrogens with zero attached hydrogens (tertiary/aromatic N) is 2. The first-order valence-corrected chi connectivity index (χ1v) is 8.30. The van der Waals surface area contributed by atoms with Gasteiger partial charge >= 0.3 is 0 Å². The summed E-state index contributed by atoms with van der Waals surface area (Å²) in [6, 6.07) is 7.25. The Bertz CT molecular complexity index is 885. The molecule has 0 radical (unpaired) electrons. The average molecular weight is 330 g/mol. The van der Waals surface area contributed by atoms with Gasteiger partial charge in [-0.1, -0.05) is 25.6 Å². The van der Waals surface area contributed by atoms with Crippen LogP contribution in [0.1, 0.15) is 31.3 Å². The summed E-state index contributed by atoms with van der Waals surface area (Å²) in [5.41, 5.74) is 2.49. The molecule has 0 fully saturated rings. The van der Waals surface area contributed by atoms with Crippen LogP contribution in [0.3, 0.4) is 0 Å². The van der Waals surface area contributed by atoms with E-state index < -0.39 is 0 Å². The fourth-order valence-electron chi connectivity index (χ4n) is 2.19. The lowest BCUT2D eigenvalue weighted by Crippen LogP contribution is -2.10. The number of thioether (sulfide) groups is 1. The van der Waals surface area contributed by atoms with E-state index in [2.05, 4.69) is 19.9 Å². The maximum absolute atomic E-state index is 11.7. The van der Waals surface area contributed by atoms with Crippen LogP contribution in [0.4, 0.5) is 0 Å². The molecule has 7 heteroatoms. The minimum atomic E-state index is -0.124. The molecule has 120 valence electrons. The number of rotatable bonds is 5. The molecule has 0 aliphatic carbocycles. The summed E-state index contributed by atoms with van der Waals surface area (Å²) in [6.07, 6.45) is 0. The van der Waals surface area contributed by atoms with E-state index in [1.165, 1.54) is 11.8 Å². The van der Waals surface area contributed by atoms with Crippen molar-refractivity contribution in [3.63, 3.8) is 0 Å². The third-order valence-corrected chi connectivity index (χ3v) is 4.30. The predicted octanol–water partition coefficient (Wildman–Crippen LogP) is 3.07. The quantitative estimate of drug-likeness (QED) is 0.555. The monoisotopic (exact) mass is 330 g/mol. The van der Waals surface area contributed by atoms with Crippen LogP contribution in [0.5, 0.6) is 5.75 Å². The lowest BCUT2D eigenvalue weighted by Gasteiger charge is -2.05. The third-order valence-electron chi connectivity index (χ3n) is 3.41.